The third kappa shape index (κ3) is 3.15. The van der Waals surface area contributed by atoms with Gasteiger partial charge in [0.05, 0.1) is 24.0 Å². The molecule has 0 aliphatic carbocycles. The number of hydrogen-bond donors (Lipinski definition) is 3. The average Bonchev–Trinajstić information content (AvgIpc) is 2.55. The minimum Gasteiger partial charge on any atom is -0.438 e. The van der Waals surface area contributed by atoms with E-state index in [0.717, 1.165) is 17.0 Å². The molecule has 24 heavy (non-hydrogen) atoms. The fourth-order valence-electron chi connectivity index (χ4n) is 2.62. The maximum absolute atomic E-state index is 11.6. The summed E-state index contributed by atoms with van der Waals surface area (Å²) in [4.78, 5) is 19.2. The highest BCUT2D eigenvalue weighted by atomic mass is 16.5. The number of carbonyl (C=O) groups excluding carboxylic acids is 1. The van der Waals surface area contributed by atoms with Crippen molar-refractivity contribution in [3.63, 3.8) is 0 Å². The lowest BCUT2D eigenvalue weighted by Crippen LogP contribution is -2.31. The molecule has 1 aromatic carbocycles. The number of carbonyl (C=O) groups is 1. The molecule has 0 unspecified atom stereocenters. The Morgan fingerprint density at radius 3 is 2.88 bits per heavy atom. The fourth-order valence-corrected chi connectivity index (χ4v) is 2.62. The number of aromatic amines is 1. The number of amides is 1. The summed E-state index contributed by atoms with van der Waals surface area (Å²) >= 11 is 0. The van der Waals surface area contributed by atoms with Crippen LogP contribution in [0.25, 0.3) is 0 Å². The van der Waals surface area contributed by atoms with Crippen molar-refractivity contribution < 1.29 is 14.5 Å². The Balaban J connectivity index is 1.95. The van der Waals surface area contributed by atoms with Crippen molar-refractivity contribution in [2.24, 2.45) is 4.99 Å². The van der Waals surface area contributed by atoms with Crippen LogP contribution < -0.4 is 21.4 Å². The number of nitrogens with two attached hydrogens (primary N) is 1. The second kappa shape index (κ2) is 6.57. The predicted octanol–water partition coefficient (Wildman–Crippen LogP) is 2.59. The summed E-state index contributed by atoms with van der Waals surface area (Å²) in [5.41, 5.74) is 9.41. The summed E-state index contributed by atoms with van der Waals surface area (Å²) in [5.74, 6) is 0.815. The fraction of sp³-hybridized carbons (Fsp3) is 0.235. The van der Waals surface area contributed by atoms with E-state index in [0.29, 0.717) is 23.9 Å². The van der Waals surface area contributed by atoms with E-state index in [4.69, 9.17) is 15.5 Å². The van der Waals surface area contributed by atoms with Crippen molar-refractivity contribution in [1.29, 1.82) is 0 Å². The number of aromatic nitrogens is 1. The zero-order valence-corrected chi connectivity index (χ0v) is 13.6. The number of nitrogens with zero attached hydrogens (tertiary/aromatic N) is 1. The van der Waals surface area contributed by atoms with Gasteiger partial charge in [-0.05, 0) is 19.4 Å². The molecule has 0 radical (unpaired) electrons. The van der Waals surface area contributed by atoms with Gasteiger partial charge in [0, 0.05) is 6.07 Å². The molecule has 7 nitrogen and oxygen atoms in total. The number of ether oxygens (including phenoxy) is 1. The van der Waals surface area contributed by atoms with Crippen molar-refractivity contribution in [1.82, 2.24) is 0 Å². The van der Waals surface area contributed by atoms with E-state index in [9.17, 15) is 4.79 Å². The molecule has 1 aliphatic rings. The third-order valence-electron chi connectivity index (χ3n) is 3.66. The van der Waals surface area contributed by atoms with E-state index in [1.54, 1.807) is 13.0 Å². The Hall–Kier alpha value is -3.09. The predicted molar refractivity (Wildman–Crippen MR) is 93.8 cm³/mol. The molecule has 1 amide bonds. The number of nitrogen functional groups attached to an aromatic ring is 1. The van der Waals surface area contributed by atoms with Crippen LogP contribution in [0.3, 0.4) is 0 Å². The van der Waals surface area contributed by atoms with Gasteiger partial charge in [0.2, 0.25) is 11.6 Å². The molecule has 1 aliphatic heterocycles. The molecule has 3 rings (SSSR count). The number of rotatable bonds is 3. The van der Waals surface area contributed by atoms with Crippen LogP contribution in [-0.2, 0) is 4.74 Å². The quantitative estimate of drug-likeness (QED) is 0.806. The summed E-state index contributed by atoms with van der Waals surface area (Å²) in [6.07, 6.45) is -0.537. The van der Waals surface area contributed by atoms with Crippen LogP contribution in [0.2, 0.25) is 0 Å². The second-order valence-electron chi connectivity index (χ2n) is 5.43. The van der Waals surface area contributed by atoms with Crippen molar-refractivity contribution in [2.75, 3.05) is 23.0 Å². The maximum atomic E-state index is 11.6. The van der Waals surface area contributed by atoms with Gasteiger partial charge in [-0.3, -0.25) is 0 Å². The lowest BCUT2D eigenvalue weighted by atomic mass is 10.0. The Labute approximate surface area is 140 Å². The molecule has 0 fully saturated rings. The molecule has 0 bridgehead atoms. The van der Waals surface area contributed by atoms with Gasteiger partial charge in [-0.15, -0.1) is 0 Å². The van der Waals surface area contributed by atoms with Gasteiger partial charge in [0.25, 0.3) is 0 Å². The number of H-pyrrole nitrogens is 1. The molecule has 5 N–H and O–H groups in total. The molecule has 7 heteroatoms. The molecule has 124 valence electrons. The first-order valence-corrected chi connectivity index (χ1v) is 7.78. The Morgan fingerprint density at radius 2 is 2.17 bits per heavy atom. The van der Waals surface area contributed by atoms with Gasteiger partial charge in [-0.25, -0.2) is 20.1 Å². The SMILES string of the molecule is CCOC(=O)Nc1cc2c(c(N)[nH+]1)N=C(c1ccccc1)[C@H](C)N2. The van der Waals surface area contributed by atoms with Crippen molar-refractivity contribution in [3.05, 3.63) is 42.0 Å². The zero-order chi connectivity index (χ0) is 17.1. The van der Waals surface area contributed by atoms with Gasteiger partial charge in [0.1, 0.15) is 0 Å². The first-order valence-electron chi connectivity index (χ1n) is 7.78. The molecule has 1 aromatic heterocycles. The van der Waals surface area contributed by atoms with Crippen LogP contribution in [0.4, 0.5) is 27.8 Å². The summed E-state index contributed by atoms with van der Waals surface area (Å²) in [7, 11) is 0. The minimum atomic E-state index is -0.537. The molecule has 2 heterocycles. The molecular formula is C17H20N5O2+. The molecular weight excluding hydrogens is 306 g/mol. The van der Waals surface area contributed by atoms with Crippen LogP contribution in [0.5, 0.6) is 0 Å². The first kappa shape index (κ1) is 15.8. The lowest BCUT2D eigenvalue weighted by molar-refractivity contribution is -0.342. The number of aliphatic imine (C=N–C) groups is 1. The van der Waals surface area contributed by atoms with Crippen molar-refractivity contribution >= 4 is 34.8 Å². The van der Waals surface area contributed by atoms with Crippen LogP contribution in [0.1, 0.15) is 19.4 Å². The monoisotopic (exact) mass is 326 g/mol. The van der Waals surface area contributed by atoms with E-state index in [2.05, 4.69) is 15.6 Å². The van der Waals surface area contributed by atoms with Gasteiger partial charge in [-0.1, -0.05) is 30.3 Å². The Kier molecular flexibility index (Phi) is 4.33. The first-order chi connectivity index (χ1) is 11.6. The largest absolute Gasteiger partial charge is 0.473 e. The van der Waals surface area contributed by atoms with Crippen LogP contribution in [-0.4, -0.2) is 24.5 Å². The standard InChI is InChI=1S/C17H19N5O2/c1-3-24-17(23)21-13-9-12-15(16(18)20-13)22-14(10(2)19-12)11-7-5-4-6-8-11/h4-10,19H,3H2,1-2H3,(H3,18,20,21,23)/p+1/t10-/m0/s1. The number of pyridine rings is 1. The molecule has 0 saturated heterocycles. The summed E-state index contributed by atoms with van der Waals surface area (Å²) in [5, 5.41) is 5.98. The van der Waals surface area contributed by atoms with Crippen molar-refractivity contribution in [2.45, 2.75) is 19.9 Å². The second-order valence-corrected chi connectivity index (χ2v) is 5.43. The number of benzene rings is 1. The summed E-state index contributed by atoms with van der Waals surface area (Å²) in [6.45, 7) is 4.07. The minimum absolute atomic E-state index is 0.0112. The highest BCUT2D eigenvalue weighted by molar-refractivity contribution is 6.10. The third-order valence-corrected chi connectivity index (χ3v) is 3.66. The van der Waals surface area contributed by atoms with E-state index >= 15 is 0 Å². The lowest BCUT2D eigenvalue weighted by Gasteiger charge is -2.24. The van der Waals surface area contributed by atoms with Crippen molar-refractivity contribution in [3.8, 4) is 0 Å². The van der Waals surface area contributed by atoms with Crippen LogP contribution in [0, 0.1) is 0 Å². The van der Waals surface area contributed by atoms with Gasteiger partial charge >= 0.3 is 6.09 Å². The van der Waals surface area contributed by atoms with Crippen LogP contribution in [0.15, 0.2) is 41.4 Å². The highest BCUT2D eigenvalue weighted by Crippen LogP contribution is 2.35. The maximum Gasteiger partial charge on any atom is 0.473 e. The highest BCUT2D eigenvalue weighted by Gasteiger charge is 2.25. The van der Waals surface area contributed by atoms with Gasteiger partial charge < -0.3 is 15.8 Å². The van der Waals surface area contributed by atoms with E-state index in [-0.39, 0.29) is 6.04 Å². The average molecular weight is 326 g/mol. The number of fused-ring (bicyclic) bond motifs is 1. The molecule has 2 aromatic rings. The molecule has 0 saturated carbocycles. The van der Waals surface area contributed by atoms with E-state index in [1.165, 1.54) is 0 Å². The summed E-state index contributed by atoms with van der Waals surface area (Å²) < 4.78 is 4.87. The zero-order valence-electron chi connectivity index (χ0n) is 13.6. The Morgan fingerprint density at radius 1 is 1.42 bits per heavy atom. The van der Waals surface area contributed by atoms with Crippen LogP contribution >= 0.6 is 0 Å². The van der Waals surface area contributed by atoms with Gasteiger partial charge in [-0.2, -0.15) is 0 Å². The number of hydrogen-bond acceptors (Lipinski definition) is 5. The number of anilines is 3. The van der Waals surface area contributed by atoms with E-state index < -0.39 is 6.09 Å². The van der Waals surface area contributed by atoms with E-state index in [1.807, 2.05) is 37.3 Å². The topological polar surface area (TPSA) is 103 Å². The molecule has 0 spiro atoms. The number of nitrogens with one attached hydrogen (secondary N) is 3. The summed E-state index contributed by atoms with van der Waals surface area (Å²) in [6, 6.07) is 11.7. The Bertz CT molecular complexity index is 789. The normalized spacial score (nSPS) is 15.8. The van der Waals surface area contributed by atoms with Gasteiger partial charge in [0.15, 0.2) is 5.69 Å². The smallest absolute Gasteiger partial charge is 0.438 e. The molecule has 1 atom stereocenters.